The van der Waals surface area contributed by atoms with E-state index in [0.29, 0.717) is 39.7 Å². The quantitative estimate of drug-likeness (QED) is 0.320. The van der Waals surface area contributed by atoms with E-state index in [9.17, 15) is 9.90 Å². The highest BCUT2D eigenvalue weighted by atomic mass is 35.5. The Kier molecular flexibility index (Phi) is 7.29. The van der Waals surface area contributed by atoms with Gasteiger partial charge < -0.3 is 20.1 Å². The van der Waals surface area contributed by atoms with Crippen LogP contribution in [0.1, 0.15) is 24.0 Å². The smallest absolute Gasteiger partial charge is 0.336 e. The topological polar surface area (TPSA) is 120 Å². The van der Waals surface area contributed by atoms with E-state index in [4.69, 9.17) is 21.3 Å². The van der Waals surface area contributed by atoms with Crippen molar-refractivity contribution >= 4 is 52.4 Å². The van der Waals surface area contributed by atoms with Crippen molar-refractivity contribution in [3.05, 3.63) is 77.2 Å². The molecule has 0 atom stereocenters. The Hall–Kier alpha value is -4.48. The Morgan fingerprint density at radius 2 is 1.78 bits per heavy atom. The average Bonchev–Trinajstić information content (AvgIpc) is 2.98. The van der Waals surface area contributed by atoms with Gasteiger partial charge in [-0.1, -0.05) is 23.7 Å². The Balaban J connectivity index is 1.32. The van der Waals surface area contributed by atoms with Crippen molar-refractivity contribution in [3.63, 3.8) is 0 Å². The number of hydrogen-bond acceptors (Lipinski definition) is 9. The molecule has 1 saturated heterocycles. The molecule has 6 rings (SSSR count). The first-order chi connectivity index (χ1) is 19.9. The lowest BCUT2D eigenvalue weighted by atomic mass is 10.1. The molecule has 2 aliphatic rings. The summed E-state index contributed by atoms with van der Waals surface area (Å²) in [6.45, 7) is 3.69. The van der Waals surface area contributed by atoms with Gasteiger partial charge in [0.05, 0.1) is 48.5 Å². The van der Waals surface area contributed by atoms with Gasteiger partial charge in [-0.2, -0.15) is 4.98 Å². The third kappa shape index (κ3) is 5.33. The number of aliphatic hydroxyl groups excluding tert-OH is 1. The number of piperidine rings is 1. The van der Waals surface area contributed by atoms with Crippen LogP contribution in [0.25, 0.3) is 0 Å². The number of methoxy groups -OCH3 is 1. The summed E-state index contributed by atoms with van der Waals surface area (Å²) in [5.74, 6) is 2.54. The highest BCUT2D eigenvalue weighted by Gasteiger charge is 2.36. The van der Waals surface area contributed by atoms with Gasteiger partial charge >= 0.3 is 6.03 Å². The zero-order valence-corrected chi connectivity index (χ0v) is 23.4. The predicted molar refractivity (Wildman–Crippen MR) is 158 cm³/mol. The van der Waals surface area contributed by atoms with Crippen LogP contribution in [-0.4, -0.2) is 57.4 Å². The van der Waals surface area contributed by atoms with Gasteiger partial charge in [0.25, 0.3) is 0 Å². The molecule has 4 aromatic rings. The van der Waals surface area contributed by atoms with E-state index in [0.717, 1.165) is 42.9 Å². The van der Waals surface area contributed by atoms with Crippen LogP contribution in [0, 0.1) is 6.92 Å². The Labute approximate surface area is 242 Å². The van der Waals surface area contributed by atoms with E-state index < -0.39 is 0 Å². The highest BCUT2D eigenvalue weighted by molar-refractivity contribution is 6.34. The summed E-state index contributed by atoms with van der Waals surface area (Å²) in [5.41, 5.74) is 2.93. The number of urea groups is 1. The Bertz CT molecular complexity index is 1540. The van der Waals surface area contributed by atoms with Crippen molar-refractivity contribution in [1.29, 1.82) is 0 Å². The van der Waals surface area contributed by atoms with E-state index in [1.165, 1.54) is 4.90 Å². The standard InChI is InChI=1S/C29H29ClN8O3/c1-18-4-3-5-23(30)26(18)37-17-19-14-33-28(34-20-6-8-24(31-15-20)36-12-10-21(39)11-13-36)35-27(19)38(29(37)40)25-9-7-22(41-2)16-32-25/h3-9,14-16,21,39H,10-13,17H2,1-2H3,(H,33,34,35). The number of hydrogen-bond donors (Lipinski definition) is 2. The van der Waals surface area contributed by atoms with Gasteiger partial charge in [0, 0.05) is 24.8 Å². The Morgan fingerprint density at radius 1 is 1.00 bits per heavy atom. The second-order valence-corrected chi connectivity index (χ2v) is 10.4. The van der Waals surface area contributed by atoms with E-state index in [-0.39, 0.29) is 18.7 Å². The lowest BCUT2D eigenvalue weighted by Gasteiger charge is -2.36. The number of anilines is 6. The van der Waals surface area contributed by atoms with Crippen LogP contribution in [0.15, 0.2) is 61.1 Å². The number of para-hydroxylation sites is 1. The monoisotopic (exact) mass is 572 g/mol. The molecule has 0 spiro atoms. The number of fused-ring (bicyclic) bond motifs is 1. The molecule has 41 heavy (non-hydrogen) atoms. The third-order valence-corrected chi connectivity index (χ3v) is 7.55. The van der Waals surface area contributed by atoms with Crippen LogP contribution in [0.4, 0.5) is 39.6 Å². The number of aliphatic hydroxyl groups is 1. The maximum atomic E-state index is 14.0. The molecule has 0 radical (unpaired) electrons. The highest BCUT2D eigenvalue weighted by Crippen LogP contribution is 2.39. The molecule has 0 bridgehead atoms. The maximum Gasteiger partial charge on any atom is 0.336 e. The largest absolute Gasteiger partial charge is 0.495 e. The molecule has 1 fully saturated rings. The minimum atomic E-state index is -0.339. The van der Waals surface area contributed by atoms with E-state index in [2.05, 4.69) is 25.2 Å². The summed E-state index contributed by atoms with van der Waals surface area (Å²) in [5, 5.41) is 13.5. The number of ether oxygens (including phenoxy) is 1. The van der Waals surface area contributed by atoms with Gasteiger partial charge in [0.2, 0.25) is 5.95 Å². The molecule has 0 saturated carbocycles. The number of nitrogens with one attached hydrogen (secondary N) is 1. The maximum absolute atomic E-state index is 14.0. The van der Waals surface area contributed by atoms with Gasteiger partial charge in [-0.05, 0) is 55.7 Å². The first kappa shape index (κ1) is 26.7. The number of aromatic nitrogens is 4. The molecule has 1 aromatic carbocycles. The summed E-state index contributed by atoms with van der Waals surface area (Å²) < 4.78 is 5.26. The molecular formula is C29H29ClN8O3. The van der Waals surface area contributed by atoms with Crippen molar-refractivity contribution in [3.8, 4) is 5.75 Å². The normalized spacial score (nSPS) is 15.6. The molecular weight excluding hydrogens is 544 g/mol. The molecule has 2 aliphatic heterocycles. The first-order valence-electron chi connectivity index (χ1n) is 13.3. The molecule has 3 aromatic heterocycles. The van der Waals surface area contributed by atoms with Crippen molar-refractivity contribution in [2.24, 2.45) is 0 Å². The molecule has 0 unspecified atom stereocenters. The molecule has 210 valence electrons. The Morgan fingerprint density at radius 3 is 2.46 bits per heavy atom. The lowest BCUT2D eigenvalue weighted by molar-refractivity contribution is 0.145. The van der Waals surface area contributed by atoms with Gasteiger partial charge in [0.1, 0.15) is 17.4 Å². The SMILES string of the molecule is COc1ccc(N2C(=O)N(c3c(C)cccc3Cl)Cc3cnc(Nc4ccc(N5CCC(O)CC5)nc4)nc32)nc1. The number of pyridine rings is 2. The fraction of sp³-hybridized carbons (Fsp3) is 0.276. The zero-order chi connectivity index (χ0) is 28.5. The first-order valence-corrected chi connectivity index (χ1v) is 13.7. The number of amides is 2. The minimum absolute atomic E-state index is 0.242. The van der Waals surface area contributed by atoms with E-state index in [1.54, 1.807) is 48.8 Å². The fourth-order valence-electron chi connectivity index (χ4n) is 5.06. The van der Waals surface area contributed by atoms with Crippen molar-refractivity contribution in [2.75, 3.05) is 40.2 Å². The predicted octanol–water partition coefficient (Wildman–Crippen LogP) is 5.22. The molecule has 2 N–H and O–H groups in total. The van der Waals surface area contributed by atoms with Crippen LogP contribution in [0.2, 0.25) is 5.02 Å². The average molecular weight is 573 g/mol. The van der Waals surface area contributed by atoms with Crippen molar-refractivity contribution in [2.45, 2.75) is 32.4 Å². The number of nitrogens with zero attached hydrogens (tertiary/aromatic N) is 7. The van der Waals surface area contributed by atoms with Crippen LogP contribution in [0.5, 0.6) is 5.75 Å². The number of halogens is 1. The number of carbonyl (C=O) groups excluding carboxylic acids is 1. The molecule has 2 amide bonds. The van der Waals surface area contributed by atoms with Crippen LogP contribution in [0.3, 0.4) is 0 Å². The summed E-state index contributed by atoms with van der Waals surface area (Å²) in [7, 11) is 1.56. The van der Waals surface area contributed by atoms with Crippen molar-refractivity contribution < 1.29 is 14.6 Å². The van der Waals surface area contributed by atoms with Crippen LogP contribution < -0.4 is 24.8 Å². The molecule has 12 heteroatoms. The number of carbonyl (C=O) groups is 1. The van der Waals surface area contributed by atoms with Crippen LogP contribution in [-0.2, 0) is 6.54 Å². The minimum Gasteiger partial charge on any atom is -0.495 e. The summed E-state index contributed by atoms with van der Waals surface area (Å²) in [6.07, 6.45) is 6.20. The van der Waals surface area contributed by atoms with Gasteiger partial charge in [0.15, 0.2) is 5.82 Å². The van der Waals surface area contributed by atoms with Crippen molar-refractivity contribution in [1.82, 2.24) is 19.9 Å². The number of rotatable bonds is 6. The second kappa shape index (κ2) is 11.2. The zero-order valence-electron chi connectivity index (χ0n) is 22.7. The van der Waals surface area contributed by atoms with Gasteiger partial charge in [-0.15, -0.1) is 0 Å². The molecule has 11 nitrogen and oxygen atoms in total. The third-order valence-electron chi connectivity index (χ3n) is 7.24. The van der Waals surface area contributed by atoms with Gasteiger partial charge in [-0.3, -0.25) is 4.90 Å². The molecule has 0 aliphatic carbocycles. The summed E-state index contributed by atoms with van der Waals surface area (Å²) in [6, 6.07) is 12.5. The fourth-order valence-corrected chi connectivity index (χ4v) is 5.38. The molecule has 5 heterocycles. The number of aryl methyl sites for hydroxylation is 1. The van der Waals surface area contributed by atoms with Gasteiger partial charge in [-0.25, -0.2) is 24.6 Å². The van der Waals surface area contributed by atoms with E-state index in [1.807, 2.05) is 31.2 Å². The number of benzene rings is 1. The van der Waals surface area contributed by atoms with E-state index >= 15 is 0 Å². The van der Waals surface area contributed by atoms with Crippen LogP contribution >= 0.6 is 11.6 Å². The summed E-state index contributed by atoms with van der Waals surface area (Å²) in [4.78, 5) is 37.6. The lowest BCUT2D eigenvalue weighted by Crippen LogP contribution is -2.46. The second-order valence-electron chi connectivity index (χ2n) is 9.96. The summed E-state index contributed by atoms with van der Waals surface area (Å²) >= 11 is 6.57.